The second-order valence-electron chi connectivity index (χ2n) is 11.1. The van der Waals surface area contributed by atoms with Crippen LogP contribution >= 0.6 is 0 Å². The minimum absolute atomic E-state index is 0.0489. The van der Waals surface area contributed by atoms with Crippen molar-refractivity contribution in [1.29, 1.82) is 10.5 Å². The molecule has 2 aliphatic rings. The summed E-state index contributed by atoms with van der Waals surface area (Å²) in [4.78, 5) is 13.4. The van der Waals surface area contributed by atoms with Crippen LogP contribution in [0, 0.1) is 57.2 Å². The van der Waals surface area contributed by atoms with Gasteiger partial charge in [0.25, 0.3) is 0 Å². The van der Waals surface area contributed by atoms with Gasteiger partial charge >= 0.3 is 0 Å². The number of hydrogen-bond acceptors (Lipinski definition) is 3. The first-order chi connectivity index (χ1) is 14.0. The van der Waals surface area contributed by atoms with Gasteiger partial charge in [-0.15, -0.1) is 0 Å². The average molecular weight is 406 g/mol. The molecule has 0 aliphatic heterocycles. The Bertz CT molecular complexity index is 854. The molecule has 4 nitrogen and oxygen atoms in total. The highest BCUT2D eigenvalue weighted by molar-refractivity contribution is 5.86. The Hall–Kier alpha value is -2.33. The number of carbonyl (C=O) groups is 1. The Labute approximate surface area is 181 Å². The molecule has 1 aromatic rings. The number of nitrogens with zero attached hydrogens (tertiary/aromatic N) is 2. The maximum Gasteiger partial charge on any atom is 0.226 e. The lowest BCUT2D eigenvalue weighted by Gasteiger charge is -2.45. The van der Waals surface area contributed by atoms with Crippen LogP contribution < -0.4 is 5.32 Å². The van der Waals surface area contributed by atoms with Crippen LogP contribution in [0.2, 0.25) is 0 Å². The Morgan fingerprint density at radius 1 is 1.07 bits per heavy atom. The summed E-state index contributed by atoms with van der Waals surface area (Å²) in [6.07, 6.45) is 3.15. The van der Waals surface area contributed by atoms with Gasteiger partial charge in [0, 0.05) is 12.0 Å². The van der Waals surface area contributed by atoms with E-state index in [4.69, 9.17) is 0 Å². The van der Waals surface area contributed by atoms with E-state index in [1.54, 1.807) is 0 Å². The van der Waals surface area contributed by atoms with Gasteiger partial charge in [0.2, 0.25) is 5.91 Å². The maximum absolute atomic E-state index is 13.4. The quantitative estimate of drug-likeness (QED) is 0.747. The molecular weight excluding hydrogens is 370 g/mol. The van der Waals surface area contributed by atoms with E-state index in [9.17, 15) is 15.3 Å². The van der Waals surface area contributed by atoms with Crippen LogP contribution in [0.25, 0.3) is 0 Å². The molecule has 2 saturated carbocycles. The minimum atomic E-state index is -1.20. The number of nitriles is 2. The van der Waals surface area contributed by atoms with Crippen molar-refractivity contribution in [2.45, 2.75) is 72.3 Å². The summed E-state index contributed by atoms with van der Waals surface area (Å²) < 4.78 is 0. The van der Waals surface area contributed by atoms with E-state index in [-0.39, 0.29) is 28.7 Å². The molecule has 0 spiro atoms. The van der Waals surface area contributed by atoms with E-state index in [1.807, 2.05) is 26.8 Å². The van der Waals surface area contributed by atoms with Gasteiger partial charge in [0.1, 0.15) is 0 Å². The Morgan fingerprint density at radius 3 is 2.17 bits per heavy atom. The second kappa shape index (κ2) is 7.73. The Morgan fingerprint density at radius 2 is 1.67 bits per heavy atom. The molecule has 0 heterocycles. The van der Waals surface area contributed by atoms with Gasteiger partial charge in [-0.3, -0.25) is 4.79 Å². The molecule has 5 atom stereocenters. The van der Waals surface area contributed by atoms with Gasteiger partial charge in [0.15, 0.2) is 5.41 Å². The maximum atomic E-state index is 13.4. The topological polar surface area (TPSA) is 76.7 Å². The number of hydrogen-bond donors (Lipinski definition) is 1. The smallest absolute Gasteiger partial charge is 0.226 e. The van der Waals surface area contributed by atoms with Crippen LogP contribution in [0.5, 0.6) is 0 Å². The zero-order valence-electron chi connectivity index (χ0n) is 19.2. The van der Waals surface area contributed by atoms with Gasteiger partial charge in [-0.05, 0) is 41.1 Å². The predicted molar refractivity (Wildman–Crippen MR) is 118 cm³/mol. The molecule has 0 bridgehead atoms. The first kappa shape index (κ1) is 22.4. The van der Waals surface area contributed by atoms with Crippen LogP contribution in [0.1, 0.15) is 66.4 Å². The molecule has 1 amide bonds. The van der Waals surface area contributed by atoms with Gasteiger partial charge < -0.3 is 5.32 Å². The normalized spacial score (nSPS) is 30.6. The summed E-state index contributed by atoms with van der Waals surface area (Å²) in [6, 6.07) is 14.9. The third kappa shape index (κ3) is 3.74. The lowest BCUT2D eigenvalue weighted by atomic mass is 9.63. The van der Waals surface area contributed by atoms with Crippen molar-refractivity contribution in [2.75, 3.05) is 0 Å². The SMILES string of the molecule is C[C@@H]1CC[C@@H](C(C)(C)c2ccccc2)[C@H](NC(=O)[C@H]2[C@H](C(C)(C)C)C2(C#N)C#N)C1. The summed E-state index contributed by atoms with van der Waals surface area (Å²) >= 11 is 0. The summed E-state index contributed by atoms with van der Waals surface area (Å²) in [5.41, 5.74) is -0.261. The monoisotopic (exact) mass is 405 g/mol. The molecule has 0 radical (unpaired) electrons. The van der Waals surface area contributed by atoms with Crippen LogP contribution in [-0.4, -0.2) is 11.9 Å². The molecule has 0 aromatic heterocycles. The standard InChI is InChI=1S/C26H35N3O/c1-17-12-13-19(25(5,6)18-10-8-7-9-11-18)20(14-17)29-23(30)21-22(24(2,3)4)26(21,15-27)16-28/h7-11,17,19-22H,12-14H2,1-6H3,(H,29,30)/t17-,19-,20-,21-,22-/m1/s1. The fourth-order valence-corrected chi connectivity index (χ4v) is 5.99. The fraction of sp³-hybridized carbons (Fsp3) is 0.654. The molecule has 1 N–H and O–H groups in total. The molecular formula is C26H35N3O. The molecule has 3 rings (SSSR count). The van der Waals surface area contributed by atoms with Crippen molar-refractivity contribution in [3.8, 4) is 12.1 Å². The van der Waals surface area contributed by atoms with Crippen LogP contribution in [-0.2, 0) is 10.2 Å². The first-order valence-electron chi connectivity index (χ1n) is 11.2. The highest BCUT2D eigenvalue weighted by Gasteiger charge is 2.73. The van der Waals surface area contributed by atoms with Gasteiger partial charge in [-0.25, -0.2) is 0 Å². The van der Waals surface area contributed by atoms with Crippen molar-refractivity contribution in [1.82, 2.24) is 5.32 Å². The van der Waals surface area contributed by atoms with E-state index >= 15 is 0 Å². The zero-order valence-corrected chi connectivity index (χ0v) is 19.2. The third-order valence-corrected chi connectivity index (χ3v) is 7.68. The number of amides is 1. The largest absolute Gasteiger partial charge is 0.353 e. The lowest BCUT2D eigenvalue weighted by Crippen LogP contribution is -2.51. The molecule has 2 aliphatic carbocycles. The molecule has 0 unspecified atom stereocenters. The predicted octanol–water partition coefficient (Wildman–Crippen LogP) is 5.21. The van der Waals surface area contributed by atoms with Gasteiger partial charge in [-0.1, -0.05) is 78.3 Å². The van der Waals surface area contributed by atoms with Crippen molar-refractivity contribution in [3.05, 3.63) is 35.9 Å². The number of benzene rings is 1. The summed E-state index contributed by atoms with van der Waals surface area (Å²) in [5.74, 6) is -0.0457. The molecule has 4 heteroatoms. The number of rotatable bonds is 4. The van der Waals surface area contributed by atoms with E-state index in [0.717, 1.165) is 19.3 Å². The van der Waals surface area contributed by atoms with Crippen LogP contribution in [0.15, 0.2) is 30.3 Å². The zero-order chi connectivity index (χ0) is 22.3. The van der Waals surface area contributed by atoms with Crippen LogP contribution in [0.4, 0.5) is 0 Å². The minimum Gasteiger partial charge on any atom is -0.353 e. The van der Waals surface area contributed by atoms with E-state index in [2.05, 4.69) is 62.5 Å². The van der Waals surface area contributed by atoms with Crippen LogP contribution in [0.3, 0.4) is 0 Å². The first-order valence-corrected chi connectivity index (χ1v) is 11.2. The molecule has 30 heavy (non-hydrogen) atoms. The summed E-state index contributed by atoms with van der Waals surface area (Å²) in [7, 11) is 0. The third-order valence-electron chi connectivity index (χ3n) is 7.68. The van der Waals surface area contributed by atoms with Gasteiger partial charge in [-0.2, -0.15) is 10.5 Å². The van der Waals surface area contributed by atoms with Gasteiger partial charge in [0.05, 0.1) is 18.1 Å². The summed E-state index contributed by atoms with van der Waals surface area (Å²) in [6.45, 7) is 12.8. The lowest BCUT2D eigenvalue weighted by molar-refractivity contribution is -0.125. The van der Waals surface area contributed by atoms with E-state index in [1.165, 1.54) is 5.56 Å². The molecule has 2 fully saturated rings. The summed E-state index contributed by atoms with van der Waals surface area (Å²) in [5, 5.41) is 22.8. The highest BCUT2D eigenvalue weighted by atomic mass is 16.2. The highest BCUT2D eigenvalue weighted by Crippen LogP contribution is 2.65. The Kier molecular flexibility index (Phi) is 5.76. The van der Waals surface area contributed by atoms with E-state index in [0.29, 0.717) is 11.8 Å². The fourth-order valence-electron chi connectivity index (χ4n) is 5.99. The van der Waals surface area contributed by atoms with E-state index < -0.39 is 11.3 Å². The van der Waals surface area contributed by atoms with Crippen molar-refractivity contribution in [3.63, 3.8) is 0 Å². The Balaban J connectivity index is 1.85. The van der Waals surface area contributed by atoms with Crippen molar-refractivity contribution < 1.29 is 4.79 Å². The second-order valence-corrected chi connectivity index (χ2v) is 11.1. The molecule has 1 aromatic carbocycles. The van der Waals surface area contributed by atoms with Crippen molar-refractivity contribution in [2.24, 2.45) is 34.5 Å². The number of carbonyl (C=O) groups excluding carboxylic acids is 1. The molecule has 0 saturated heterocycles. The average Bonchev–Trinajstić information content (AvgIpc) is 3.39. The molecule has 160 valence electrons. The number of nitrogens with one attached hydrogen (secondary N) is 1. The van der Waals surface area contributed by atoms with Crippen molar-refractivity contribution >= 4 is 5.91 Å².